The molecule has 3 heteroatoms. The molecule has 0 spiro atoms. The van der Waals surface area contributed by atoms with Crippen molar-refractivity contribution in [3.8, 4) is 0 Å². The first-order chi connectivity index (χ1) is 11.8. The third-order valence-corrected chi connectivity index (χ3v) is 7.83. The van der Waals surface area contributed by atoms with Gasteiger partial charge in [-0.3, -0.25) is 14.5 Å². The van der Waals surface area contributed by atoms with Gasteiger partial charge in [-0.2, -0.15) is 0 Å². The predicted molar refractivity (Wildman–Crippen MR) is 88.8 cm³/mol. The molecule has 1 heterocycles. The van der Waals surface area contributed by atoms with Crippen LogP contribution in [0, 0.1) is 35.5 Å². The molecule has 124 valence electrons. The molecule has 1 aromatic rings. The fourth-order valence-electron chi connectivity index (χ4n) is 6.86. The van der Waals surface area contributed by atoms with E-state index in [4.69, 9.17) is 0 Å². The summed E-state index contributed by atoms with van der Waals surface area (Å²) in [6.07, 6.45) is 6.74. The van der Waals surface area contributed by atoms with Crippen molar-refractivity contribution < 1.29 is 9.59 Å². The van der Waals surface area contributed by atoms with Crippen LogP contribution in [-0.4, -0.2) is 16.7 Å². The maximum Gasteiger partial charge on any atom is 0.233 e. The first-order valence-corrected chi connectivity index (χ1v) is 9.70. The van der Waals surface area contributed by atoms with Gasteiger partial charge in [-0.1, -0.05) is 24.3 Å². The molecule has 1 unspecified atom stereocenters. The Labute approximate surface area is 142 Å². The molecule has 0 radical (unpaired) electrons. The van der Waals surface area contributed by atoms with E-state index in [1.54, 1.807) is 4.90 Å². The second-order valence-corrected chi connectivity index (χ2v) is 8.67. The Hall–Kier alpha value is -1.64. The van der Waals surface area contributed by atoms with Gasteiger partial charge in [0.25, 0.3) is 0 Å². The van der Waals surface area contributed by atoms with Crippen LogP contribution in [0.3, 0.4) is 0 Å². The van der Waals surface area contributed by atoms with E-state index in [2.05, 4.69) is 18.2 Å². The van der Waals surface area contributed by atoms with Crippen molar-refractivity contribution in [3.05, 3.63) is 35.4 Å². The number of amides is 2. The predicted octanol–water partition coefficient (Wildman–Crippen LogP) is 3.34. The number of hydrogen-bond acceptors (Lipinski definition) is 2. The molecule has 6 aliphatic rings. The summed E-state index contributed by atoms with van der Waals surface area (Å²) < 4.78 is 0. The maximum absolute atomic E-state index is 13.3. The molecule has 2 amide bonds. The molecule has 4 saturated carbocycles. The Balaban J connectivity index is 1.42. The van der Waals surface area contributed by atoms with E-state index < -0.39 is 0 Å². The molecule has 1 aliphatic heterocycles. The van der Waals surface area contributed by atoms with Crippen molar-refractivity contribution >= 4 is 11.8 Å². The molecular weight excluding hydrogens is 298 g/mol. The lowest BCUT2D eigenvalue weighted by Crippen LogP contribution is -2.43. The van der Waals surface area contributed by atoms with Gasteiger partial charge < -0.3 is 0 Å². The van der Waals surface area contributed by atoms with Crippen molar-refractivity contribution in [2.24, 2.45) is 35.5 Å². The summed E-state index contributed by atoms with van der Waals surface area (Å²) in [7, 11) is 0. The highest BCUT2D eigenvalue weighted by Gasteiger charge is 2.69. The van der Waals surface area contributed by atoms with Crippen LogP contribution in [0.25, 0.3) is 0 Å². The molecule has 3 nitrogen and oxygen atoms in total. The number of aryl methyl sites for hydroxylation is 1. The zero-order chi connectivity index (χ0) is 16.0. The molecular formula is C21H23NO2. The number of hydrogen-bond donors (Lipinski definition) is 0. The molecule has 24 heavy (non-hydrogen) atoms. The van der Waals surface area contributed by atoms with E-state index in [1.807, 2.05) is 6.07 Å². The van der Waals surface area contributed by atoms with E-state index in [9.17, 15) is 9.59 Å². The summed E-state index contributed by atoms with van der Waals surface area (Å²) >= 11 is 0. The SMILES string of the molecule is O=C1[C@@H]2[C@@H]3CC[C@@H]([C@@H]4C[C@@H]43)[C@@H]2C(=O)N1C1CCCc2ccccc21. The van der Waals surface area contributed by atoms with Gasteiger partial charge in [0.1, 0.15) is 0 Å². The zero-order valence-corrected chi connectivity index (χ0v) is 13.9. The van der Waals surface area contributed by atoms with Crippen LogP contribution in [0.1, 0.15) is 49.3 Å². The molecule has 1 aromatic carbocycles. The van der Waals surface area contributed by atoms with Crippen LogP contribution in [0.4, 0.5) is 0 Å². The number of fused-ring (bicyclic) bond motifs is 2. The summed E-state index contributed by atoms with van der Waals surface area (Å²) in [4.78, 5) is 28.4. The Bertz CT molecular complexity index is 722. The fourth-order valence-corrected chi connectivity index (χ4v) is 6.86. The Kier molecular flexibility index (Phi) is 2.56. The molecule has 0 aromatic heterocycles. The quantitative estimate of drug-likeness (QED) is 0.744. The molecule has 7 rings (SSSR count). The topological polar surface area (TPSA) is 37.4 Å². The fraction of sp³-hybridized carbons (Fsp3) is 0.619. The van der Waals surface area contributed by atoms with Gasteiger partial charge in [0, 0.05) is 0 Å². The number of nitrogens with zero attached hydrogens (tertiary/aromatic N) is 1. The molecule has 0 N–H and O–H groups in total. The highest BCUT2D eigenvalue weighted by atomic mass is 16.2. The summed E-state index contributed by atoms with van der Waals surface area (Å²) in [6.45, 7) is 0. The molecule has 7 atom stereocenters. The third kappa shape index (κ3) is 1.54. The minimum Gasteiger partial charge on any atom is -0.274 e. The number of carbonyl (C=O) groups is 2. The number of benzene rings is 1. The van der Waals surface area contributed by atoms with Crippen molar-refractivity contribution in [2.45, 2.75) is 44.6 Å². The minimum atomic E-state index is -0.00345. The summed E-state index contributed by atoms with van der Waals surface area (Å²) in [5.41, 5.74) is 2.55. The Morgan fingerprint density at radius 3 is 2.21 bits per heavy atom. The van der Waals surface area contributed by atoms with Crippen LogP contribution >= 0.6 is 0 Å². The lowest BCUT2D eigenvalue weighted by atomic mass is 9.59. The first-order valence-electron chi connectivity index (χ1n) is 9.70. The zero-order valence-electron chi connectivity index (χ0n) is 13.9. The largest absolute Gasteiger partial charge is 0.274 e. The van der Waals surface area contributed by atoms with Crippen molar-refractivity contribution in [1.82, 2.24) is 4.90 Å². The van der Waals surface area contributed by atoms with Crippen LogP contribution in [0.2, 0.25) is 0 Å². The normalized spacial score (nSPS) is 45.0. The number of imide groups is 1. The molecule has 2 bridgehead atoms. The van der Waals surface area contributed by atoms with E-state index >= 15 is 0 Å². The average Bonchev–Trinajstić information content (AvgIpc) is 3.39. The second kappa shape index (κ2) is 4.50. The number of rotatable bonds is 1. The molecule has 1 saturated heterocycles. The van der Waals surface area contributed by atoms with Crippen LogP contribution < -0.4 is 0 Å². The van der Waals surface area contributed by atoms with Gasteiger partial charge in [0.15, 0.2) is 0 Å². The van der Waals surface area contributed by atoms with Gasteiger partial charge >= 0.3 is 0 Å². The van der Waals surface area contributed by atoms with E-state index in [1.165, 1.54) is 30.4 Å². The van der Waals surface area contributed by atoms with Gasteiger partial charge in [-0.25, -0.2) is 0 Å². The van der Waals surface area contributed by atoms with Gasteiger partial charge in [-0.05, 0) is 73.3 Å². The van der Waals surface area contributed by atoms with Crippen molar-refractivity contribution in [1.29, 1.82) is 0 Å². The monoisotopic (exact) mass is 321 g/mol. The van der Waals surface area contributed by atoms with Crippen molar-refractivity contribution in [2.75, 3.05) is 0 Å². The lowest BCUT2D eigenvalue weighted by Gasteiger charge is -2.42. The summed E-state index contributed by atoms with van der Waals surface area (Å²) in [5.74, 6) is 2.93. The number of likely N-dealkylation sites (tertiary alicyclic amines) is 1. The van der Waals surface area contributed by atoms with Crippen LogP contribution in [0.15, 0.2) is 24.3 Å². The van der Waals surface area contributed by atoms with E-state index in [0.29, 0.717) is 11.8 Å². The molecule has 5 fully saturated rings. The van der Waals surface area contributed by atoms with Gasteiger partial charge in [-0.15, -0.1) is 0 Å². The number of carbonyl (C=O) groups excluding carboxylic acids is 2. The van der Waals surface area contributed by atoms with Gasteiger partial charge in [0.2, 0.25) is 11.8 Å². The van der Waals surface area contributed by atoms with Crippen molar-refractivity contribution in [3.63, 3.8) is 0 Å². The first kappa shape index (κ1) is 13.6. The van der Waals surface area contributed by atoms with E-state index in [-0.39, 0.29) is 29.7 Å². The summed E-state index contributed by atoms with van der Waals surface area (Å²) in [6, 6.07) is 8.42. The molecule has 5 aliphatic carbocycles. The highest BCUT2D eigenvalue weighted by molar-refractivity contribution is 6.06. The Morgan fingerprint density at radius 2 is 1.50 bits per heavy atom. The van der Waals surface area contributed by atoms with Crippen LogP contribution in [-0.2, 0) is 16.0 Å². The standard InChI is InChI=1S/C21H23NO2/c23-20-18-13-8-9-14(16-10-15(13)16)19(18)21(24)22(20)17-7-3-5-11-4-1-2-6-12(11)17/h1-2,4,6,13-19H,3,5,7-10H2/t13-,14+,15-,16+,17?,18-,19+. The smallest absolute Gasteiger partial charge is 0.233 e. The third-order valence-electron chi connectivity index (χ3n) is 7.83. The maximum atomic E-state index is 13.3. The lowest BCUT2D eigenvalue weighted by molar-refractivity contribution is -0.143. The van der Waals surface area contributed by atoms with E-state index in [0.717, 1.165) is 31.1 Å². The van der Waals surface area contributed by atoms with Gasteiger partial charge in [0.05, 0.1) is 17.9 Å². The second-order valence-electron chi connectivity index (χ2n) is 8.67. The highest BCUT2D eigenvalue weighted by Crippen LogP contribution is 2.68. The summed E-state index contributed by atoms with van der Waals surface area (Å²) in [5, 5.41) is 0. The van der Waals surface area contributed by atoms with Crippen LogP contribution in [0.5, 0.6) is 0 Å². The average molecular weight is 321 g/mol. The minimum absolute atomic E-state index is 0.00345. The Morgan fingerprint density at radius 1 is 0.833 bits per heavy atom.